The van der Waals surface area contributed by atoms with E-state index in [4.69, 9.17) is 14.0 Å². The first kappa shape index (κ1) is 9.61. The highest BCUT2D eigenvalue weighted by molar-refractivity contribution is 6.37. The van der Waals surface area contributed by atoms with Gasteiger partial charge in [0, 0.05) is 0 Å². The van der Waals surface area contributed by atoms with Crippen molar-refractivity contribution in [3.05, 3.63) is 12.8 Å². The molecule has 1 aliphatic heterocycles. The van der Waals surface area contributed by atoms with Gasteiger partial charge >= 0.3 is 7.32 Å². The van der Waals surface area contributed by atoms with Crippen LogP contribution in [0.1, 0.15) is 27.7 Å². The van der Waals surface area contributed by atoms with Crippen LogP contribution in [0.5, 0.6) is 0 Å². The van der Waals surface area contributed by atoms with Crippen LogP contribution in [0.15, 0.2) is 12.8 Å². The van der Waals surface area contributed by atoms with E-state index in [1.165, 1.54) is 6.26 Å². The quantitative estimate of drug-likeness (QED) is 0.466. The van der Waals surface area contributed by atoms with Gasteiger partial charge in [-0.2, -0.15) is 0 Å². The van der Waals surface area contributed by atoms with E-state index < -0.39 is 7.32 Å². The predicted octanol–water partition coefficient (Wildman–Crippen LogP) is 1.74. The van der Waals surface area contributed by atoms with Gasteiger partial charge in [-0.3, -0.25) is 0 Å². The molecule has 1 heterocycles. The van der Waals surface area contributed by atoms with Crippen molar-refractivity contribution >= 4 is 7.32 Å². The molecule has 1 saturated heterocycles. The monoisotopic (exact) mass is 170 g/mol. The predicted molar refractivity (Wildman–Crippen MR) is 47.4 cm³/mol. The second-order valence-corrected chi connectivity index (χ2v) is 3.85. The van der Waals surface area contributed by atoms with Crippen LogP contribution in [-0.4, -0.2) is 18.5 Å². The second kappa shape index (κ2) is 2.78. The molecule has 0 unspecified atom stereocenters. The third-order valence-corrected chi connectivity index (χ3v) is 2.44. The molecular formula is C8H15BO3. The summed E-state index contributed by atoms with van der Waals surface area (Å²) in [6.07, 6.45) is 1.32. The molecule has 0 aromatic heterocycles. The molecule has 0 N–H and O–H groups in total. The summed E-state index contributed by atoms with van der Waals surface area (Å²) in [6.45, 7) is 11.3. The zero-order chi connectivity index (χ0) is 9.41. The molecule has 1 aliphatic rings. The van der Waals surface area contributed by atoms with Gasteiger partial charge in [-0.05, 0) is 27.7 Å². The summed E-state index contributed by atoms with van der Waals surface area (Å²) in [4.78, 5) is 0. The van der Waals surface area contributed by atoms with Crippen molar-refractivity contribution in [1.82, 2.24) is 0 Å². The molecule has 0 radical (unpaired) electrons. The number of rotatable bonds is 2. The normalized spacial score (nSPS) is 25.5. The van der Waals surface area contributed by atoms with E-state index in [1.807, 2.05) is 27.7 Å². The van der Waals surface area contributed by atoms with Crippen molar-refractivity contribution < 1.29 is 14.0 Å². The van der Waals surface area contributed by atoms with Crippen LogP contribution in [0, 0.1) is 0 Å². The standard InChI is InChI=1S/C8H15BO3/c1-6-10-9-11-7(2,3)8(4,5)12-9/h6H,1H2,2-5H3. The van der Waals surface area contributed by atoms with Gasteiger partial charge in [-0.25, -0.2) is 0 Å². The maximum atomic E-state index is 5.49. The fraction of sp³-hybridized carbons (Fsp3) is 0.750. The topological polar surface area (TPSA) is 27.7 Å². The summed E-state index contributed by atoms with van der Waals surface area (Å²) < 4.78 is 16.0. The minimum atomic E-state index is -0.618. The lowest BCUT2D eigenvalue weighted by molar-refractivity contribution is 0.00578. The fourth-order valence-electron chi connectivity index (χ4n) is 0.923. The average Bonchev–Trinajstić information content (AvgIpc) is 2.02. The first-order valence-electron chi connectivity index (χ1n) is 4.01. The van der Waals surface area contributed by atoms with Crippen LogP contribution in [-0.2, 0) is 14.0 Å². The molecule has 3 nitrogen and oxygen atoms in total. The highest BCUT2D eigenvalue weighted by Gasteiger charge is 2.53. The van der Waals surface area contributed by atoms with E-state index in [9.17, 15) is 0 Å². The van der Waals surface area contributed by atoms with Crippen LogP contribution in [0.4, 0.5) is 0 Å². The summed E-state index contributed by atoms with van der Waals surface area (Å²) in [6, 6.07) is 0. The van der Waals surface area contributed by atoms with E-state index in [1.54, 1.807) is 0 Å². The smallest absolute Gasteiger partial charge is 0.519 e. The first-order chi connectivity index (χ1) is 5.39. The van der Waals surface area contributed by atoms with Crippen molar-refractivity contribution in [2.45, 2.75) is 38.9 Å². The molecule has 12 heavy (non-hydrogen) atoms. The fourth-order valence-corrected chi connectivity index (χ4v) is 0.923. The largest absolute Gasteiger partial charge is 0.713 e. The molecule has 0 bridgehead atoms. The molecule has 1 fully saturated rings. The number of hydrogen-bond acceptors (Lipinski definition) is 3. The van der Waals surface area contributed by atoms with Crippen LogP contribution in [0.25, 0.3) is 0 Å². The van der Waals surface area contributed by atoms with Gasteiger partial charge in [-0.15, -0.1) is 0 Å². The van der Waals surface area contributed by atoms with E-state index in [0.29, 0.717) is 0 Å². The Kier molecular flexibility index (Phi) is 2.23. The zero-order valence-corrected chi connectivity index (χ0v) is 8.09. The lowest BCUT2D eigenvalue weighted by atomic mass is 9.90. The molecule has 0 aliphatic carbocycles. The maximum absolute atomic E-state index is 5.49. The Bertz CT molecular complexity index is 173. The SMILES string of the molecule is C=COB1OC(C)(C)C(C)(C)O1. The zero-order valence-electron chi connectivity index (χ0n) is 8.09. The molecule has 0 spiro atoms. The summed E-state index contributed by atoms with van der Waals surface area (Å²) in [7, 11) is -0.618. The van der Waals surface area contributed by atoms with Crippen molar-refractivity contribution in [3.63, 3.8) is 0 Å². The second-order valence-electron chi connectivity index (χ2n) is 3.85. The van der Waals surface area contributed by atoms with Crippen LogP contribution in [0.2, 0.25) is 0 Å². The molecular weight excluding hydrogens is 155 g/mol. The Morgan fingerprint density at radius 3 is 1.92 bits per heavy atom. The minimum Gasteiger partial charge on any atom is -0.519 e. The lowest BCUT2D eigenvalue weighted by Gasteiger charge is -2.31. The average molecular weight is 170 g/mol. The Morgan fingerprint density at radius 2 is 1.58 bits per heavy atom. The highest BCUT2D eigenvalue weighted by atomic mass is 16.8. The Balaban J connectivity index is 2.67. The molecule has 68 valence electrons. The molecule has 0 amide bonds. The summed E-state index contributed by atoms with van der Waals surface area (Å²) in [5.74, 6) is 0. The first-order valence-corrected chi connectivity index (χ1v) is 4.01. The minimum absolute atomic E-state index is 0.333. The Labute approximate surface area is 73.9 Å². The van der Waals surface area contributed by atoms with Crippen molar-refractivity contribution in [3.8, 4) is 0 Å². The van der Waals surface area contributed by atoms with Gasteiger partial charge in [0.2, 0.25) is 0 Å². The summed E-state index contributed by atoms with van der Waals surface area (Å²) >= 11 is 0. The van der Waals surface area contributed by atoms with Gasteiger partial charge in [0.25, 0.3) is 0 Å². The van der Waals surface area contributed by atoms with E-state index in [2.05, 4.69) is 6.58 Å². The van der Waals surface area contributed by atoms with Gasteiger partial charge < -0.3 is 14.0 Å². The lowest BCUT2D eigenvalue weighted by Crippen LogP contribution is -2.41. The summed E-state index contributed by atoms with van der Waals surface area (Å²) in [5, 5.41) is 0. The van der Waals surface area contributed by atoms with Crippen molar-refractivity contribution in [1.29, 1.82) is 0 Å². The molecule has 1 rings (SSSR count). The molecule has 0 aromatic carbocycles. The molecule has 4 heteroatoms. The molecule has 0 atom stereocenters. The van der Waals surface area contributed by atoms with Crippen molar-refractivity contribution in [2.75, 3.05) is 0 Å². The van der Waals surface area contributed by atoms with Gasteiger partial charge in [0.15, 0.2) is 0 Å². The van der Waals surface area contributed by atoms with Crippen LogP contribution >= 0.6 is 0 Å². The molecule has 0 saturated carbocycles. The third kappa shape index (κ3) is 1.49. The third-order valence-electron chi connectivity index (χ3n) is 2.44. The Morgan fingerprint density at radius 1 is 1.17 bits per heavy atom. The van der Waals surface area contributed by atoms with Gasteiger partial charge in [0.1, 0.15) is 0 Å². The maximum Gasteiger partial charge on any atom is 0.713 e. The van der Waals surface area contributed by atoms with E-state index in [-0.39, 0.29) is 11.2 Å². The van der Waals surface area contributed by atoms with Crippen LogP contribution < -0.4 is 0 Å². The highest BCUT2D eigenvalue weighted by Crippen LogP contribution is 2.36. The summed E-state index contributed by atoms with van der Waals surface area (Å²) in [5.41, 5.74) is -0.665. The van der Waals surface area contributed by atoms with Crippen LogP contribution in [0.3, 0.4) is 0 Å². The number of hydrogen-bond donors (Lipinski definition) is 0. The van der Waals surface area contributed by atoms with Gasteiger partial charge in [0.05, 0.1) is 17.5 Å². The van der Waals surface area contributed by atoms with E-state index in [0.717, 1.165) is 0 Å². The van der Waals surface area contributed by atoms with Crippen molar-refractivity contribution in [2.24, 2.45) is 0 Å². The molecule has 0 aromatic rings. The Hall–Kier alpha value is -0.475. The van der Waals surface area contributed by atoms with Gasteiger partial charge in [-0.1, -0.05) is 6.58 Å². The van der Waals surface area contributed by atoms with E-state index >= 15 is 0 Å².